The van der Waals surface area contributed by atoms with Crippen molar-refractivity contribution in [2.75, 3.05) is 13.2 Å². The molecule has 2 N–H and O–H groups in total. The summed E-state index contributed by atoms with van der Waals surface area (Å²) in [5, 5.41) is 5.90. The van der Waals surface area contributed by atoms with Crippen molar-refractivity contribution in [2.24, 2.45) is 5.92 Å². The van der Waals surface area contributed by atoms with Gasteiger partial charge >= 0.3 is 6.03 Å². The third-order valence-electron chi connectivity index (χ3n) is 3.95. The Morgan fingerprint density at radius 2 is 2.05 bits per heavy atom. The highest BCUT2D eigenvalue weighted by molar-refractivity contribution is 5.74. The lowest BCUT2D eigenvalue weighted by Crippen LogP contribution is -2.44. The zero-order valence-electron chi connectivity index (χ0n) is 13.0. The van der Waals surface area contributed by atoms with Crippen molar-refractivity contribution in [1.82, 2.24) is 10.6 Å². The van der Waals surface area contributed by atoms with E-state index in [2.05, 4.69) is 17.6 Å². The highest BCUT2D eigenvalue weighted by atomic mass is 16.5. The van der Waals surface area contributed by atoms with Gasteiger partial charge in [0.25, 0.3) is 0 Å². The summed E-state index contributed by atoms with van der Waals surface area (Å²) in [6.45, 7) is 5.29. The van der Waals surface area contributed by atoms with Gasteiger partial charge in [-0.2, -0.15) is 0 Å². The molecule has 0 aliphatic heterocycles. The van der Waals surface area contributed by atoms with E-state index < -0.39 is 0 Å². The molecule has 4 heteroatoms. The van der Waals surface area contributed by atoms with Gasteiger partial charge in [0.15, 0.2) is 0 Å². The summed E-state index contributed by atoms with van der Waals surface area (Å²) < 4.78 is 5.58. The van der Waals surface area contributed by atoms with E-state index in [0.717, 1.165) is 18.6 Å². The largest absolute Gasteiger partial charge is 0.492 e. The number of benzene rings is 1. The van der Waals surface area contributed by atoms with Crippen LogP contribution in [0, 0.1) is 12.8 Å². The minimum absolute atomic E-state index is 0.0818. The second-order valence-corrected chi connectivity index (χ2v) is 6.03. The van der Waals surface area contributed by atoms with Gasteiger partial charge in [0.05, 0.1) is 6.54 Å². The number of rotatable bonds is 5. The van der Waals surface area contributed by atoms with Crippen LogP contribution in [0.4, 0.5) is 4.79 Å². The van der Waals surface area contributed by atoms with Gasteiger partial charge in [0.1, 0.15) is 12.4 Å². The number of urea groups is 1. The number of hydrogen-bond acceptors (Lipinski definition) is 2. The van der Waals surface area contributed by atoms with Crippen LogP contribution in [-0.2, 0) is 0 Å². The number of nitrogens with one attached hydrogen (secondary N) is 2. The lowest BCUT2D eigenvalue weighted by atomic mass is 9.87. The van der Waals surface area contributed by atoms with Gasteiger partial charge in [-0.1, -0.05) is 37.5 Å². The van der Waals surface area contributed by atoms with Gasteiger partial charge in [-0.3, -0.25) is 0 Å². The van der Waals surface area contributed by atoms with Crippen molar-refractivity contribution in [2.45, 2.75) is 45.6 Å². The fourth-order valence-corrected chi connectivity index (χ4v) is 2.77. The molecule has 2 amide bonds. The number of ether oxygens (including phenoxy) is 1. The Bertz CT molecular complexity index is 445. The van der Waals surface area contributed by atoms with Crippen LogP contribution in [0.5, 0.6) is 5.75 Å². The molecule has 1 fully saturated rings. The van der Waals surface area contributed by atoms with E-state index in [1.807, 2.05) is 31.2 Å². The number of carbonyl (C=O) groups excluding carboxylic acids is 1. The quantitative estimate of drug-likeness (QED) is 0.818. The normalized spacial score (nSPS) is 21.6. The van der Waals surface area contributed by atoms with E-state index in [1.54, 1.807) is 0 Å². The molecule has 2 rings (SSSR count). The minimum atomic E-state index is -0.0818. The maximum atomic E-state index is 11.8. The van der Waals surface area contributed by atoms with Crippen molar-refractivity contribution in [3.8, 4) is 5.75 Å². The lowest BCUT2D eigenvalue weighted by Gasteiger charge is -2.27. The first-order valence-corrected chi connectivity index (χ1v) is 7.87. The van der Waals surface area contributed by atoms with E-state index in [4.69, 9.17) is 4.74 Å². The fraction of sp³-hybridized carbons (Fsp3) is 0.588. The number of aryl methyl sites for hydroxylation is 1. The summed E-state index contributed by atoms with van der Waals surface area (Å²) in [4.78, 5) is 11.8. The highest BCUT2D eigenvalue weighted by Gasteiger charge is 2.19. The predicted molar refractivity (Wildman–Crippen MR) is 84.6 cm³/mol. The molecule has 0 spiro atoms. The molecule has 21 heavy (non-hydrogen) atoms. The third-order valence-corrected chi connectivity index (χ3v) is 3.95. The molecule has 0 saturated heterocycles. The zero-order valence-corrected chi connectivity index (χ0v) is 13.0. The Hall–Kier alpha value is -1.71. The smallest absolute Gasteiger partial charge is 0.315 e. The van der Waals surface area contributed by atoms with Crippen molar-refractivity contribution in [3.63, 3.8) is 0 Å². The van der Waals surface area contributed by atoms with Crippen LogP contribution in [-0.4, -0.2) is 25.2 Å². The Morgan fingerprint density at radius 1 is 1.29 bits per heavy atom. The first-order chi connectivity index (χ1) is 10.1. The van der Waals surface area contributed by atoms with Gasteiger partial charge in [-0.15, -0.1) is 0 Å². The molecule has 0 radical (unpaired) electrons. The maximum absolute atomic E-state index is 11.8. The van der Waals surface area contributed by atoms with Crippen molar-refractivity contribution < 1.29 is 9.53 Å². The summed E-state index contributed by atoms with van der Waals surface area (Å²) >= 11 is 0. The molecule has 1 aromatic carbocycles. The van der Waals surface area contributed by atoms with Crippen LogP contribution < -0.4 is 15.4 Å². The standard InChI is InChI=1S/C17H26N2O2/c1-13-6-8-16(9-7-13)21-11-10-18-17(20)19-15-5-3-4-14(2)12-15/h6-9,14-15H,3-5,10-12H2,1-2H3,(H2,18,19,20)/t14-,15+/m0/s1. The Labute approximate surface area is 127 Å². The molecule has 1 aromatic rings. The van der Waals surface area contributed by atoms with Gasteiger partial charge in [-0.05, 0) is 37.8 Å². The average molecular weight is 290 g/mol. The Balaban J connectivity index is 1.59. The monoisotopic (exact) mass is 290 g/mol. The van der Waals surface area contributed by atoms with Crippen LogP contribution >= 0.6 is 0 Å². The summed E-state index contributed by atoms with van der Waals surface area (Å²) in [7, 11) is 0. The fourth-order valence-electron chi connectivity index (χ4n) is 2.77. The number of amides is 2. The van der Waals surface area contributed by atoms with Crippen LogP contribution in [0.15, 0.2) is 24.3 Å². The molecular weight excluding hydrogens is 264 g/mol. The van der Waals surface area contributed by atoms with E-state index >= 15 is 0 Å². The van der Waals surface area contributed by atoms with Gasteiger partial charge in [0.2, 0.25) is 0 Å². The zero-order chi connectivity index (χ0) is 15.1. The molecule has 1 aliphatic rings. The number of hydrogen-bond donors (Lipinski definition) is 2. The summed E-state index contributed by atoms with van der Waals surface area (Å²) in [6, 6.07) is 8.16. The Morgan fingerprint density at radius 3 is 2.76 bits per heavy atom. The molecule has 0 aromatic heterocycles. The topological polar surface area (TPSA) is 50.4 Å². The van der Waals surface area contributed by atoms with E-state index in [9.17, 15) is 4.79 Å². The Kier molecular flexibility index (Phi) is 5.90. The first kappa shape index (κ1) is 15.7. The van der Waals surface area contributed by atoms with Gasteiger partial charge < -0.3 is 15.4 Å². The van der Waals surface area contributed by atoms with Crippen LogP contribution in [0.3, 0.4) is 0 Å². The molecular formula is C17H26N2O2. The minimum Gasteiger partial charge on any atom is -0.492 e. The van der Waals surface area contributed by atoms with Gasteiger partial charge in [-0.25, -0.2) is 4.79 Å². The average Bonchev–Trinajstić information content (AvgIpc) is 2.45. The summed E-state index contributed by atoms with van der Waals surface area (Å²) in [5.41, 5.74) is 1.21. The first-order valence-electron chi connectivity index (χ1n) is 7.87. The maximum Gasteiger partial charge on any atom is 0.315 e. The van der Waals surface area contributed by atoms with Crippen molar-refractivity contribution in [1.29, 1.82) is 0 Å². The van der Waals surface area contributed by atoms with E-state index in [1.165, 1.54) is 18.4 Å². The van der Waals surface area contributed by atoms with Crippen LogP contribution in [0.2, 0.25) is 0 Å². The van der Waals surface area contributed by atoms with E-state index in [0.29, 0.717) is 25.1 Å². The molecule has 0 bridgehead atoms. The molecule has 1 aliphatic carbocycles. The third kappa shape index (κ3) is 5.66. The molecule has 0 unspecified atom stereocenters. The molecule has 1 saturated carbocycles. The highest BCUT2D eigenvalue weighted by Crippen LogP contribution is 2.23. The van der Waals surface area contributed by atoms with E-state index in [-0.39, 0.29) is 6.03 Å². The molecule has 4 nitrogen and oxygen atoms in total. The van der Waals surface area contributed by atoms with Crippen LogP contribution in [0.1, 0.15) is 38.2 Å². The van der Waals surface area contributed by atoms with Crippen molar-refractivity contribution >= 4 is 6.03 Å². The SMILES string of the molecule is Cc1ccc(OCCNC(=O)N[C@@H]2CCC[C@H](C)C2)cc1. The molecule has 0 heterocycles. The second kappa shape index (κ2) is 7.91. The summed E-state index contributed by atoms with van der Waals surface area (Å²) in [5.74, 6) is 1.55. The predicted octanol–water partition coefficient (Wildman–Crippen LogP) is 3.25. The van der Waals surface area contributed by atoms with Crippen molar-refractivity contribution in [3.05, 3.63) is 29.8 Å². The molecule has 2 atom stereocenters. The molecule has 116 valence electrons. The lowest BCUT2D eigenvalue weighted by molar-refractivity contribution is 0.224. The van der Waals surface area contributed by atoms with Gasteiger partial charge in [0, 0.05) is 6.04 Å². The number of carbonyl (C=O) groups is 1. The van der Waals surface area contributed by atoms with Crippen LogP contribution in [0.25, 0.3) is 0 Å². The second-order valence-electron chi connectivity index (χ2n) is 6.03. The summed E-state index contributed by atoms with van der Waals surface area (Å²) in [6.07, 6.45) is 4.68.